The molecule has 5 rings (SSSR count). The molecule has 0 bridgehead atoms. The van der Waals surface area contributed by atoms with Crippen LogP contribution >= 0.6 is 0 Å². The summed E-state index contributed by atoms with van der Waals surface area (Å²) in [7, 11) is 1.46. The number of hydrogen-bond acceptors (Lipinski definition) is 8. The van der Waals surface area contributed by atoms with Crippen LogP contribution < -0.4 is 5.73 Å². The van der Waals surface area contributed by atoms with Crippen LogP contribution in [-0.2, 0) is 11.3 Å². The zero-order chi connectivity index (χ0) is 25.4. The maximum atomic E-state index is 14.8. The average molecular weight is 498 g/mol. The normalized spacial score (nSPS) is 26.2. The van der Waals surface area contributed by atoms with Crippen LogP contribution in [-0.4, -0.2) is 81.5 Å². The van der Waals surface area contributed by atoms with E-state index in [9.17, 15) is 13.9 Å². The topological polar surface area (TPSA) is 114 Å². The van der Waals surface area contributed by atoms with E-state index in [0.717, 1.165) is 6.42 Å². The first-order valence-electron chi connectivity index (χ1n) is 11.9. The molecule has 9 nitrogen and oxygen atoms in total. The van der Waals surface area contributed by atoms with E-state index in [1.54, 1.807) is 24.5 Å². The number of fused-ring (bicyclic) bond motifs is 1. The van der Waals surface area contributed by atoms with E-state index in [1.807, 2.05) is 6.92 Å². The number of rotatable bonds is 5. The van der Waals surface area contributed by atoms with Crippen LogP contribution in [0.15, 0.2) is 40.4 Å². The monoisotopic (exact) mass is 497 g/mol. The van der Waals surface area contributed by atoms with E-state index in [-0.39, 0.29) is 41.8 Å². The molecule has 4 atom stereocenters. The molecular formula is C25H29F2N7O2. The maximum absolute atomic E-state index is 14.8. The van der Waals surface area contributed by atoms with E-state index < -0.39 is 17.7 Å². The smallest absolute Gasteiger partial charge is 0.251 e. The molecule has 0 amide bonds. The van der Waals surface area contributed by atoms with Gasteiger partial charge in [0.05, 0.1) is 47.4 Å². The number of methoxy groups -OCH3 is 1. The Morgan fingerprint density at radius 2 is 2.00 bits per heavy atom. The van der Waals surface area contributed by atoms with Gasteiger partial charge in [0.2, 0.25) is 0 Å². The highest BCUT2D eigenvalue weighted by Gasteiger charge is 2.36. The van der Waals surface area contributed by atoms with Crippen molar-refractivity contribution in [3.8, 4) is 11.3 Å². The lowest BCUT2D eigenvalue weighted by Crippen LogP contribution is -2.60. The van der Waals surface area contributed by atoms with Crippen LogP contribution in [0.1, 0.15) is 18.9 Å². The van der Waals surface area contributed by atoms with E-state index in [2.05, 4.69) is 20.0 Å². The molecule has 36 heavy (non-hydrogen) atoms. The molecular weight excluding hydrogens is 468 g/mol. The minimum Gasteiger partial charge on any atom is -0.391 e. The highest BCUT2D eigenvalue weighted by atomic mass is 19.1. The fraction of sp³-hybridized carbons (Fsp3) is 0.440. The summed E-state index contributed by atoms with van der Waals surface area (Å²) in [6.45, 7) is 3.99. The van der Waals surface area contributed by atoms with Gasteiger partial charge in [0, 0.05) is 39.0 Å². The number of benzene rings is 1. The van der Waals surface area contributed by atoms with Crippen molar-refractivity contribution in [1.82, 2.24) is 19.5 Å². The average Bonchev–Trinajstić information content (AvgIpc) is 3.24. The number of aromatic nitrogens is 3. The second-order valence-electron chi connectivity index (χ2n) is 9.44. The summed E-state index contributed by atoms with van der Waals surface area (Å²) in [5.74, 6) is -1.13. The summed E-state index contributed by atoms with van der Waals surface area (Å²) < 4.78 is 36.1. The largest absolute Gasteiger partial charge is 0.391 e. The molecule has 11 heteroatoms. The summed E-state index contributed by atoms with van der Waals surface area (Å²) in [6, 6.07) is 5.35. The lowest BCUT2D eigenvalue weighted by molar-refractivity contribution is 0.00995. The zero-order valence-electron chi connectivity index (χ0n) is 20.2. The maximum Gasteiger partial charge on any atom is 0.251 e. The van der Waals surface area contributed by atoms with Gasteiger partial charge >= 0.3 is 0 Å². The van der Waals surface area contributed by atoms with Gasteiger partial charge in [-0.3, -0.25) is 9.89 Å². The molecule has 0 saturated carbocycles. The van der Waals surface area contributed by atoms with Gasteiger partial charge in [-0.05, 0) is 42.2 Å². The quantitative estimate of drug-likeness (QED) is 0.560. The first-order valence-corrected chi connectivity index (χ1v) is 11.9. The van der Waals surface area contributed by atoms with E-state index in [4.69, 9.17) is 15.5 Å². The van der Waals surface area contributed by atoms with Gasteiger partial charge in [0.1, 0.15) is 11.6 Å². The lowest BCUT2D eigenvalue weighted by Gasteiger charge is -2.43. The predicted octanol–water partition coefficient (Wildman–Crippen LogP) is 2.38. The Balaban J connectivity index is 1.51. The Morgan fingerprint density at radius 3 is 2.72 bits per heavy atom. The van der Waals surface area contributed by atoms with Crippen LogP contribution in [0, 0.1) is 17.6 Å². The number of nitrogens with zero attached hydrogens (tertiary/aromatic N) is 6. The number of likely N-dealkylation sites (tertiary alicyclic amines) is 1. The standard InChI is InChI=1S/C25H29F2N7O2/c1-14-11-33(12-19(28)24(14)35)22-5-6-29-10-21(22)31-25-30-9-16-3-4-20(32-34(16)25)23-17(26)7-15(13-36-2)8-18(23)27/h3-4,7-10,14,19,22,24,35H,5-6,11-13,28H2,1-2H3. The number of halogens is 2. The van der Waals surface area contributed by atoms with Crippen LogP contribution in [0.2, 0.25) is 0 Å². The highest BCUT2D eigenvalue weighted by molar-refractivity contribution is 6.34. The number of nitrogens with two attached hydrogens (primary N) is 1. The molecule has 2 aromatic heterocycles. The fourth-order valence-electron chi connectivity index (χ4n) is 4.99. The van der Waals surface area contributed by atoms with Gasteiger partial charge in [-0.2, -0.15) is 9.61 Å². The number of piperidine rings is 1. The Hall–Kier alpha value is -3.12. The third kappa shape index (κ3) is 4.66. The third-order valence-corrected chi connectivity index (χ3v) is 6.79. The van der Waals surface area contributed by atoms with E-state index >= 15 is 0 Å². The Labute approximate surface area is 207 Å². The van der Waals surface area contributed by atoms with Crippen molar-refractivity contribution in [1.29, 1.82) is 0 Å². The van der Waals surface area contributed by atoms with Crippen molar-refractivity contribution in [2.24, 2.45) is 21.6 Å². The SMILES string of the molecule is COCc1cc(F)c(-c2ccc3cnc(N=C4C=NCCC4N4CC(C)C(O)C(N)C4)n3n2)c(F)c1. The predicted molar refractivity (Wildman–Crippen MR) is 133 cm³/mol. The number of aliphatic imine (C=N–C) groups is 2. The molecule has 1 saturated heterocycles. The fourth-order valence-corrected chi connectivity index (χ4v) is 4.99. The molecule has 0 aliphatic carbocycles. The van der Waals surface area contributed by atoms with Crippen LogP contribution in [0.5, 0.6) is 0 Å². The molecule has 0 spiro atoms. The Bertz CT molecular complexity index is 1290. The molecule has 3 aromatic rings. The van der Waals surface area contributed by atoms with Crippen molar-refractivity contribution >= 4 is 23.4 Å². The first-order chi connectivity index (χ1) is 17.4. The Morgan fingerprint density at radius 1 is 1.22 bits per heavy atom. The molecule has 4 unspecified atom stereocenters. The van der Waals surface area contributed by atoms with Gasteiger partial charge in [0.15, 0.2) is 0 Å². The first kappa shape index (κ1) is 24.6. The third-order valence-electron chi connectivity index (χ3n) is 6.79. The second-order valence-corrected chi connectivity index (χ2v) is 9.44. The number of imidazole rings is 1. The van der Waals surface area contributed by atoms with Crippen LogP contribution in [0.25, 0.3) is 16.8 Å². The van der Waals surface area contributed by atoms with Crippen molar-refractivity contribution in [3.63, 3.8) is 0 Å². The van der Waals surface area contributed by atoms with Crippen molar-refractivity contribution in [2.75, 3.05) is 26.7 Å². The zero-order valence-corrected chi connectivity index (χ0v) is 20.2. The summed E-state index contributed by atoms with van der Waals surface area (Å²) >= 11 is 0. The molecule has 1 aromatic carbocycles. The van der Waals surface area contributed by atoms with Gasteiger partial charge in [-0.1, -0.05) is 6.92 Å². The summed E-state index contributed by atoms with van der Waals surface area (Å²) in [4.78, 5) is 15.8. The number of ether oxygens (including phenoxy) is 1. The van der Waals surface area contributed by atoms with Gasteiger partial charge in [-0.15, -0.1) is 0 Å². The van der Waals surface area contributed by atoms with Crippen LogP contribution in [0.3, 0.4) is 0 Å². The van der Waals surface area contributed by atoms with Crippen molar-refractivity contribution in [2.45, 2.75) is 38.1 Å². The number of aliphatic hydroxyl groups excluding tert-OH is 1. The summed E-state index contributed by atoms with van der Waals surface area (Å²) in [6.07, 6.45) is 3.56. The molecule has 0 radical (unpaired) electrons. The van der Waals surface area contributed by atoms with Gasteiger partial charge < -0.3 is 15.6 Å². The van der Waals surface area contributed by atoms with Crippen molar-refractivity contribution < 1.29 is 18.6 Å². The molecule has 190 valence electrons. The van der Waals surface area contributed by atoms with E-state index in [0.29, 0.717) is 36.4 Å². The minimum absolute atomic E-state index is 0.0328. The molecule has 1 fully saturated rings. The van der Waals surface area contributed by atoms with Crippen LogP contribution in [0.4, 0.5) is 14.7 Å². The highest BCUT2D eigenvalue weighted by Crippen LogP contribution is 2.28. The molecule has 4 heterocycles. The summed E-state index contributed by atoms with van der Waals surface area (Å²) in [5, 5.41) is 14.7. The number of aliphatic hydroxyl groups is 1. The molecule has 3 N–H and O–H groups in total. The van der Waals surface area contributed by atoms with Gasteiger partial charge in [0.25, 0.3) is 5.95 Å². The Kier molecular flexibility index (Phi) is 6.89. The molecule has 2 aliphatic heterocycles. The lowest BCUT2D eigenvalue weighted by atomic mass is 9.90. The second kappa shape index (κ2) is 10.1. The van der Waals surface area contributed by atoms with Crippen molar-refractivity contribution in [3.05, 3.63) is 47.7 Å². The molecule has 2 aliphatic rings. The summed E-state index contributed by atoms with van der Waals surface area (Å²) in [5.41, 5.74) is 7.82. The number of hydrogen-bond donors (Lipinski definition) is 2. The van der Waals surface area contributed by atoms with Gasteiger partial charge in [-0.25, -0.2) is 18.8 Å². The van der Waals surface area contributed by atoms with E-state index in [1.165, 1.54) is 23.8 Å². The minimum atomic E-state index is -0.723.